The second-order valence-electron chi connectivity index (χ2n) is 5.54. The summed E-state index contributed by atoms with van der Waals surface area (Å²) in [5.74, 6) is 0.862. The SMILES string of the molecule is COCOc1c(/C=C/c2ccco2)ccc(N)c1C(=O)c1ccccc1. The predicted octanol–water partition coefficient (Wildman–Crippen LogP) is 4.25. The molecule has 132 valence electrons. The molecular weight excluding hydrogens is 330 g/mol. The van der Waals surface area contributed by atoms with Gasteiger partial charge in [0, 0.05) is 23.9 Å². The van der Waals surface area contributed by atoms with E-state index in [0.717, 1.165) is 0 Å². The summed E-state index contributed by atoms with van der Waals surface area (Å²) in [6, 6.07) is 16.1. The summed E-state index contributed by atoms with van der Waals surface area (Å²) in [5, 5.41) is 0. The van der Waals surface area contributed by atoms with E-state index in [2.05, 4.69) is 0 Å². The lowest BCUT2D eigenvalue weighted by molar-refractivity contribution is 0.0502. The van der Waals surface area contributed by atoms with E-state index in [9.17, 15) is 4.79 Å². The van der Waals surface area contributed by atoms with Crippen molar-refractivity contribution in [3.63, 3.8) is 0 Å². The summed E-state index contributed by atoms with van der Waals surface area (Å²) in [7, 11) is 1.52. The zero-order valence-electron chi connectivity index (χ0n) is 14.3. The standard InChI is InChI=1S/C21H19NO4/c1-24-14-26-21-16(9-11-17-8-5-13-25-17)10-12-18(22)19(21)20(23)15-6-3-2-4-7-15/h2-13H,14,22H2,1H3/b11-9+. The Hall–Kier alpha value is -3.31. The number of nitrogen functional groups attached to an aromatic ring is 1. The van der Waals surface area contributed by atoms with Crippen molar-refractivity contribution >= 4 is 23.6 Å². The first kappa shape index (κ1) is 17.5. The van der Waals surface area contributed by atoms with E-state index in [-0.39, 0.29) is 12.6 Å². The maximum Gasteiger partial charge on any atom is 0.198 e. The second kappa shape index (κ2) is 8.18. The highest BCUT2D eigenvalue weighted by Gasteiger charge is 2.20. The van der Waals surface area contributed by atoms with Crippen molar-refractivity contribution in [2.24, 2.45) is 0 Å². The van der Waals surface area contributed by atoms with Crippen LogP contribution in [0.1, 0.15) is 27.2 Å². The molecule has 1 heterocycles. The lowest BCUT2D eigenvalue weighted by Crippen LogP contribution is -2.11. The highest BCUT2D eigenvalue weighted by atomic mass is 16.7. The molecule has 0 spiro atoms. The van der Waals surface area contributed by atoms with Crippen LogP contribution in [0.15, 0.2) is 65.3 Å². The zero-order chi connectivity index (χ0) is 18.4. The summed E-state index contributed by atoms with van der Waals surface area (Å²) in [4.78, 5) is 13.0. The summed E-state index contributed by atoms with van der Waals surface area (Å²) >= 11 is 0. The normalized spacial score (nSPS) is 11.0. The smallest absolute Gasteiger partial charge is 0.198 e. The summed E-state index contributed by atoms with van der Waals surface area (Å²) in [6.07, 6.45) is 5.20. The van der Waals surface area contributed by atoms with E-state index in [0.29, 0.717) is 33.9 Å². The van der Waals surface area contributed by atoms with Crippen LogP contribution in [0.5, 0.6) is 5.75 Å². The Labute approximate surface area is 151 Å². The van der Waals surface area contributed by atoms with Gasteiger partial charge in [-0.05, 0) is 36.4 Å². The molecule has 2 N–H and O–H groups in total. The van der Waals surface area contributed by atoms with Gasteiger partial charge in [0.2, 0.25) is 0 Å². The molecule has 3 aromatic rings. The van der Waals surface area contributed by atoms with Gasteiger partial charge in [0.1, 0.15) is 11.5 Å². The van der Waals surface area contributed by atoms with Crippen LogP contribution in [0.2, 0.25) is 0 Å². The quantitative estimate of drug-likeness (QED) is 0.392. The number of rotatable bonds is 7. The van der Waals surface area contributed by atoms with Crippen molar-refractivity contribution in [3.05, 3.63) is 83.3 Å². The van der Waals surface area contributed by atoms with Crippen LogP contribution >= 0.6 is 0 Å². The van der Waals surface area contributed by atoms with Crippen LogP contribution in [0.3, 0.4) is 0 Å². The number of ketones is 1. The molecule has 0 amide bonds. The molecule has 0 fully saturated rings. The van der Waals surface area contributed by atoms with Crippen LogP contribution in [0.4, 0.5) is 5.69 Å². The van der Waals surface area contributed by atoms with Gasteiger partial charge in [-0.15, -0.1) is 0 Å². The molecule has 0 saturated carbocycles. The topological polar surface area (TPSA) is 74.7 Å². The monoisotopic (exact) mass is 349 g/mol. The first-order chi connectivity index (χ1) is 12.7. The fourth-order valence-corrected chi connectivity index (χ4v) is 2.54. The predicted molar refractivity (Wildman–Crippen MR) is 101 cm³/mol. The van der Waals surface area contributed by atoms with Gasteiger partial charge >= 0.3 is 0 Å². The number of carbonyl (C=O) groups is 1. The lowest BCUT2D eigenvalue weighted by atomic mass is 9.97. The van der Waals surface area contributed by atoms with Crippen molar-refractivity contribution in [2.45, 2.75) is 0 Å². The Morgan fingerprint density at radius 3 is 2.58 bits per heavy atom. The number of hydrogen-bond donors (Lipinski definition) is 1. The van der Waals surface area contributed by atoms with Crippen molar-refractivity contribution in [1.82, 2.24) is 0 Å². The summed E-state index contributed by atoms with van der Waals surface area (Å²) in [6.45, 7) is 0.000114. The van der Waals surface area contributed by atoms with Crippen LogP contribution in [-0.4, -0.2) is 19.7 Å². The van der Waals surface area contributed by atoms with Gasteiger partial charge in [0.25, 0.3) is 0 Å². The molecule has 5 heteroatoms. The Balaban J connectivity index is 2.06. The third kappa shape index (κ3) is 3.84. The van der Waals surface area contributed by atoms with Crippen molar-refractivity contribution in [2.75, 3.05) is 19.6 Å². The van der Waals surface area contributed by atoms with E-state index in [1.165, 1.54) is 7.11 Å². The van der Waals surface area contributed by atoms with E-state index >= 15 is 0 Å². The van der Waals surface area contributed by atoms with Gasteiger partial charge in [-0.1, -0.05) is 30.3 Å². The van der Waals surface area contributed by atoms with Crippen LogP contribution in [0.25, 0.3) is 12.2 Å². The van der Waals surface area contributed by atoms with Gasteiger partial charge in [-0.25, -0.2) is 0 Å². The van der Waals surface area contributed by atoms with Crippen molar-refractivity contribution in [3.8, 4) is 5.75 Å². The number of furan rings is 1. The third-order valence-electron chi connectivity index (χ3n) is 3.77. The van der Waals surface area contributed by atoms with Crippen molar-refractivity contribution < 1.29 is 18.7 Å². The minimum absolute atomic E-state index is 0.000114. The average molecular weight is 349 g/mol. The van der Waals surface area contributed by atoms with Crippen molar-refractivity contribution in [1.29, 1.82) is 0 Å². The molecule has 5 nitrogen and oxygen atoms in total. The molecule has 0 saturated heterocycles. The minimum Gasteiger partial charge on any atom is -0.466 e. The van der Waals surface area contributed by atoms with E-state index in [4.69, 9.17) is 19.6 Å². The second-order valence-corrected chi connectivity index (χ2v) is 5.54. The molecule has 1 aromatic heterocycles. The maximum absolute atomic E-state index is 13.0. The molecule has 0 unspecified atom stereocenters. The van der Waals surface area contributed by atoms with E-state index in [1.54, 1.807) is 54.8 Å². The minimum atomic E-state index is -0.206. The first-order valence-electron chi connectivity index (χ1n) is 8.06. The number of nitrogens with two attached hydrogens (primary N) is 1. The number of methoxy groups -OCH3 is 1. The number of ether oxygens (including phenoxy) is 2. The number of benzene rings is 2. The van der Waals surface area contributed by atoms with E-state index in [1.807, 2.05) is 18.2 Å². The molecule has 0 atom stereocenters. The number of hydrogen-bond acceptors (Lipinski definition) is 5. The number of anilines is 1. The van der Waals surface area contributed by atoms with E-state index < -0.39 is 0 Å². The fourth-order valence-electron chi connectivity index (χ4n) is 2.54. The highest BCUT2D eigenvalue weighted by Crippen LogP contribution is 2.33. The summed E-state index contributed by atoms with van der Waals surface area (Å²) in [5.41, 5.74) is 8.01. The van der Waals surface area contributed by atoms with Gasteiger partial charge in [-0.2, -0.15) is 0 Å². The molecule has 0 bridgehead atoms. The Morgan fingerprint density at radius 2 is 1.88 bits per heavy atom. The van der Waals surface area contributed by atoms with Crippen LogP contribution in [-0.2, 0) is 4.74 Å². The Kier molecular flexibility index (Phi) is 5.51. The third-order valence-corrected chi connectivity index (χ3v) is 3.77. The molecule has 3 rings (SSSR count). The van der Waals surface area contributed by atoms with Crippen LogP contribution < -0.4 is 10.5 Å². The van der Waals surface area contributed by atoms with Gasteiger partial charge in [0.15, 0.2) is 12.6 Å². The van der Waals surface area contributed by atoms with Crippen LogP contribution in [0, 0.1) is 0 Å². The van der Waals surface area contributed by atoms with Gasteiger partial charge < -0.3 is 19.6 Å². The lowest BCUT2D eigenvalue weighted by Gasteiger charge is -2.15. The molecule has 0 aliphatic heterocycles. The van der Waals surface area contributed by atoms with Gasteiger partial charge in [0.05, 0.1) is 11.8 Å². The average Bonchev–Trinajstić information content (AvgIpc) is 3.19. The number of carbonyl (C=O) groups excluding carboxylic acids is 1. The zero-order valence-corrected chi connectivity index (χ0v) is 14.3. The molecule has 0 radical (unpaired) electrons. The first-order valence-corrected chi connectivity index (χ1v) is 8.06. The Morgan fingerprint density at radius 1 is 1.08 bits per heavy atom. The molecule has 26 heavy (non-hydrogen) atoms. The molecular formula is C21H19NO4. The highest BCUT2D eigenvalue weighted by molar-refractivity contribution is 6.14. The summed E-state index contributed by atoms with van der Waals surface area (Å²) < 4.78 is 16.0. The largest absolute Gasteiger partial charge is 0.466 e. The molecule has 0 aliphatic carbocycles. The maximum atomic E-state index is 13.0. The van der Waals surface area contributed by atoms with Gasteiger partial charge in [-0.3, -0.25) is 4.79 Å². The molecule has 2 aromatic carbocycles. The Bertz CT molecular complexity index is 899. The molecule has 0 aliphatic rings. The fraction of sp³-hybridized carbons (Fsp3) is 0.0952.